The molecular formula is C16H23N3O. The topological polar surface area (TPSA) is 45.7 Å². The molecule has 2 heterocycles. The van der Waals surface area contributed by atoms with Gasteiger partial charge in [-0.2, -0.15) is 0 Å². The average Bonchev–Trinajstić information content (AvgIpc) is 2.39. The van der Waals surface area contributed by atoms with Gasteiger partial charge in [0.1, 0.15) is 5.84 Å². The normalized spacial score (nSPS) is 20.9. The van der Waals surface area contributed by atoms with Crippen LogP contribution in [0.3, 0.4) is 0 Å². The van der Waals surface area contributed by atoms with Crippen LogP contribution < -0.4 is 10.6 Å². The van der Waals surface area contributed by atoms with E-state index in [4.69, 9.17) is 9.73 Å². The van der Waals surface area contributed by atoms with Crippen LogP contribution in [0.4, 0.5) is 11.4 Å². The van der Waals surface area contributed by atoms with Gasteiger partial charge in [-0.25, -0.2) is 4.99 Å². The number of nitrogens with zero attached hydrogens (tertiary/aromatic N) is 1. The summed E-state index contributed by atoms with van der Waals surface area (Å²) in [7, 11) is 0. The van der Waals surface area contributed by atoms with Crippen LogP contribution in [0.2, 0.25) is 0 Å². The van der Waals surface area contributed by atoms with Crippen molar-refractivity contribution in [2.24, 2.45) is 4.99 Å². The Bertz CT molecular complexity index is 525. The van der Waals surface area contributed by atoms with Gasteiger partial charge in [0.2, 0.25) is 0 Å². The third kappa shape index (κ3) is 2.52. The third-order valence-corrected chi connectivity index (χ3v) is 3.80. The van der Waals surface area contributed by atoms with E-state index < -0.39 is 0 Å². The van der Waals surface area contributed by atoms with Crippen molar-refractivity contribution < 1.29 is 4.74 Å². The van der Waals surface area contributed by atoms with Crippen molar-refractivity contribution in [3.63, 3.8) is 0 Å². The maximum atomic E-state index is 5.54. The van der Waals surface area contributed by atoms with E-state index in [0.717, 1.165) is 43.3 Å². The second kappa shape index (κ2) is 4.77. The summed E-state index contributed by atoms with van der Waals surface area (Å²) in [4.78, 5) is 4.90. The highest BCUT2D eigenvalue weighted by molar-refractivity contribution is 6.00. The summed E-state index contributed by atoms with van der Waals surface area (Å²) in [6.45, 7) is 8.06. The van der Waals surface area contributed by atoms with E-state index in [1.54, 1.807) is 0 Å². The second-order valence-electron chi connectivity index (χ2n) is 6.67. The molecule has 0 bridgehead atoms. The van der Waals surface area contributed by atoms with Crippen molar-refractivity contribution in [1.29, 1.82) is 0 Å². The first kappa shape index (κ1) is 13.4. The molecule has 1 spiro atoms. The minimum atomic E-state index is -0.111. The first-order valence-electron chi connectivity index (χ1n) is 7.31. The van der Waals surface area contributed by atoms with E-state index in [2.05, 4.69) is 49.6 Å². The number of ether oxygens (including phenoxy) is 1. The summed E-state index contributed by atoms with van der Waals surface area (Å²) in [5.74, 6) is 1.05. The molecule has 0 aromatic heterocycles. The monoisotopic (exact) mass is 273 g/mol. The molecule has 2 N–H and O–H groups in total. The molecular weight excluding hydrogens is 250 g/mol. The van der Waals surface area contributed by atoms with Gasteiger partial charge in [-0.3, -0.25) is 0 Å². The number of fused-ring (bicyclic) bond motifs is 1. The molecule has 0 atom stereocenters. The van der Waals surface area contributed by atoms with Gasteiger partial charge in [-0.05, 0) is 32.9 Å². The van der Waals surface area contributed by atoms with Crippen LogP contribution in [0, 0.1) is 0 Å². The number of hydrogen-bond acceptors (Lipinski definition) is 4. The Morgan fingerprint density at radius 2 is 1.90 bits per heavy atom. The zero-order valence-corrected chi connectivity index (χ0v) is 12.5. The van der Waals surface area contributed by atoms with Crippen molar-refractivity contribution in [1.82, 2.24) is 5.32 Å². The highest BCUT2D eigenvalue weighted by atomic mass is 16.5. The Hall–Kier alpha value is -1.55. The molecule has 1 saturated heterocycles. The van der Waals surface area contributed by atoms with Crippen LogP contribution in [0.5, 0.6) is 0 Å². The lowest BCUT2D eigenvalue weighted by Crippen LogP contribution is -2.60. The van der Waals surface area contributed by atoms with Gasteiger partial charge >= 0.3 is 0 Å². The lowest BCUT2D eigenvalue weighted by atomic mass is 9.85. The molecule has 4 nitrogen and oxygen atoms in total. The Balaban J connectivity index is 2.01. The maximum Gasteiger partial charge on any atom is 0.129 e. The average molecular weight is 273 g/mol. The highest BCUT2D eigenvalue weighted by Gasteiger charge is 2.41. The number of hydrogen-bond donors (Lipinski definition) is 2. The van der Waals surface area contributed by atoms with Crippen molar-refractivity contribution in [2.45, 2.75) is 44.7 Å². The minimum Gasteiger partial charge on any atom is -0.381 e. The molecule has 0 radical (unpaired) electrons. The highest BCUT2D eigenvalue weighted by Crippen LogP contribution is 2.37. The number of benzene rings is 1. The molecule has 1 aromatic carbocycles. The smallest absolute Gasteiger partial charge is 0.129 e. The van der Waals surface area contributed by atoms with Crippen molar-refractivity contribution in [3.8, 4) is 0 Å². The van der Waals surface area contributed by atoms with Crippen LogP contribution in [0.25, 0.3) is 0 Å². The Morgan fingerprint density at radius 3 is 2.60 bits per heavy atom. The molecule has 0 aliphatic carbocycles. The Morgan fingerprint density at radius 1 is 1.20 bits per heavy atom. The largest absolute Gasteiger partial charge is 0.381 e. The first-order chi connectivity index (χ1) is 9.49. The quantitative estimate of drug-likeness (QED) is 0.763. The van der Waals surface area contributed by atoms with Crippen LogP contribution in [0.15, 0.2) is 29.3 Å². The van der Waals surface area contributed by atoms with E-state index in [9.17, 15) is 0 Å². The molecule has 1 aromatic rings. The maximum absolute atomic E-state index is 5.54. The van der Waals surface area contributed by atoms with Crippen molar-refractivity contribution >= 4 is 17.2 Å². The lowest BCUT2D eigenvalue weighted by Gasteiger charge is -2.44. The van der Waals surface area contributed by atoms with Gasteiger partial charge in [-0.1, -0.05) is 12.1 Å². The number of anilines is 1. The molecule has 0 amide bonds. The Kier molecular flexibility index (Phi) is 3.21. The summed E-state index contributed by atoms with van der Waals surface area (Å²) in [5.41, 5.74) is 2.02. The third-order valence-electron chi connectivity index (χ3n) is 3.80. The molecule has 2 aliphatic heterocycles. The predicted molar refractivity (Wildman–Crippen MR) is 82.8 cm³/mol. The summed E-state index contributed by atoms with van der Waals surface area (Å²) in [5, 5.41) is 7.30. The molecule has 2 aliphatic rings. The van der Waals surface area contributed by atoms with Crippen LogP contribution in [-0.2, 0) is 4.74 Å². The number of aliphatic imine (C=N–C) groups is 1. The lowest BCUT2D eigenvalue weighted by molar-refractivity contribution is 0.0767. The van der Waals surface area contributed by atoms with E-state index in [-0.39, 0.29) is 11.1 Å². The molecule has 0 saturated carbocycles. The summed E-state index contributed by atoms with van der Waals surface area (Å²) >= 11 is 0. The number of nitrogens with one attached hydrogen (secondary N) is 2. The standard InChI is InChI=1S/C16H23N3O/c1-15(2,3)19-14-16(8-10-20-11-9-16)18-13-7-5-4-6-12(13)17-14/h4-7,18H,8-11H2,1-3H3,(H,17,19). The van der Waals surface area contributed by atoms with E-state index in [1.807, 2.05) is 6.07 Å². The fourth-order valence-electron chi connectivity index (χ4n) is 2.81. The number of amidine groups is 1. The van der Waals surface area contributed by atoms with Gasteiger partial charge < -0.3 is 15.4 Å². The number of para-hydroxylation sites is 2. The van der Waals surface area contributed by atoms with Crippen molar-refractivity contribution in [2.75, 3.05) is 18.5 Å². The van der Waals surface area contributed by atoms with Crippen LogP contribution >= 0.6 is 0 Å². The minimum absolute atomic E-state index is 0.00188. The molecule has 4 heteroatoms. The van der Waals surface area contributed by atoms with Gasteiger partial charge in [0.15, 0.2) is 0 Å². The summed E-state index contributed by atoms with van der Waals surface area (Å²) in [6.07, 6.45) is 1.90. The van der Waals surface area contributed by atoms with E-state index in [0.29, 0.717) is 0 Å². The summed E-state index contributed by atoms with van der Waals surface area (Å²) in [6, 6.07) is 8.24. The van der Waals surface area contributed by atoms with E-state index >= 15 is 0 Å². The zero-order chi connectivity index (χ0) is 14.2. The fraction of sp³-hybridized carbons (Fsp3) is 0.562. The van der Waals surface area contributed by atoms with Gasteiger partial charge in [-0.15, -0.1) is 0 Å². The molecule has 0 unspecified atom stereocenters. The molecule has 20 heavy (non-hydrogen) atoms. The van der Waals surface area contributed by atoms with Crippen molar-refractivity contribution in [3.05, 3.63) is 24.3 Å². The molecule has 3 rings (SSSR count). The van der Waals surface area contributed by atoms with Crippen LogP contribution in [0.1, 0.15) is 33.6 Å². The predicted octanol–water partition coefficient (Wildman–Crippen LogP) is 3.08. The van der Waals surface area contributed by atoms with Crippen LogP contribution in [-0.4, -0.2) is 30.1 Å². The second-order valence-corrected chi connectivity index (χ2v) is 6.67. The van der Waals surface area contributed by atoms with Gasteiger partial charge in [0.05, 0.1) is 16.9 Å². The van der Waals surface area contributed by atoms with Gasteiger partial charge in [0.25, 0.3) is 0 Å². The zero-order valence-electron chi connectivity index (χ0n) is 12.5. The number of rotatable bonds is 0. The van der Waals surface area contributed by atoms with Gasteiger partial charge in [0, 0.05) is 31.6 Å². The molecule has 108 valence electrons. The fourth-order valence-corrected chi connectivity index (χ4v) is 2.81. The molecule has 1 fully saturated rings. The SMILES string of the molecule is CC(C)(C)NC1=Nc2ccccc2NC12CCOCC2. The summed E-state index contributed by atoms with van der Waals surface area (Å²) < 4.78 is 5.54. The first-order valence-corrected chi connectivity index (χ1v) is 7.31. The van der Waals surface area contributed by atoms with E-state index in [1.165, 1.54) is 0 Å². The Labute approximate surface area is 120 Å².